The fourth-order valence-electron chi connectivity index (χ4n) is 1.39. The number of halogens is 1. The number of hydrogen-bond donors (Lipinski definition) is 0. The summed E-state index contributed by atoms with van der Waals surface area (Å²) in [5.41, 5.74) is 0.539. The van der Waals surface area contributed by atoms with E-state index in [2.05, 4.69) is 0 Å². The summed E-state index contributed by atoms with van der Waals surface area (Å²) in [5.74, 6) is 0.875. The van der Waals surface area contributed by atoms with Crippen LogP contribution in [0.25, 0.3) is 0 Å². The highest BCUT2D eigenvalue weighted by Gasteiger charge is 2.16. The van der Waals surface area contributed by atoms with E-state index in [0.29, 0.717) is 22.1 Å². The van der Waals surface area contributed by atoms with Gasteiger partial charge in [-0.3, -0.25) is 4.79 Å². The van der Waals surface area contributed by atoms with E-state index in [4.69, 9.17) is 21.1 Å². The maximum absolute atomic E-state index is 11.8. The van der Waals surface area contributed by atoms with Gasteiger partial charge in [-0.2, -0.15) is 0 Å². The molecule has 88 valence electrons. The first-order chi connectivity index (χ1) is 7.51. The van der Waals surface area contributed by atoms with Crippen molar-refractivity contribution in [3.63, 3.8) is 0 Å². The van der Waals surface area contributed by atoms with Crippen LogP contribution in [-0.4, -0.2) is 20.0 Å². The normalized spacial score (nSPS) is 10.4. The molecule has 4 heteroatoms. The molecule has 0 aliphatic heterocycles. The molecule has 0 N–H and O–H groups in total. The molecule has 16 heavy (non-hydrogen) atoms. The lowest BCUT2D eigenvalue weighted by atomic mass is 10.0. The number of hydrogen-bond acceptors (Lipinski definition) is 3. The quantitative estimate of drug-likeness (QED) is 0.761. The van der Waals surface area contributed by atoms with Gasteiger partial charge in [-0.05, 0) is 12.1 Å². The lowest BCUT2D eigenvalue weighted by Crippen LogP contribution is -2.08. The number of Topliss-reactive ketones (excluding diaryl/α,β-unsaturated/α-hetero) is 1. The summed E-state index contributed by atoms with van der Waals surface area (Å²) in [7, 11) is 3.02. The Morgan fingerprint density at radius 1 is 1.25 bits per heavy atom. The fourth-order valence-corrected chi connectivity index (χ4v) is 1.68. The summed E-state index contributed by atoms with van der Waals surface area (Å²) in [5, 5.41) is 0.380. The van der Waals surface area contributed by atoms with Crippen molar-refractivity contribution in [3.8, 4) is 11.5 Å². The minimum Gasteiger partial charge on any atom is -0.493 e. The zero-order valence-electron chi connectivity index (χ0n) is 9.83. The van der Waals surface area contributed by atoms with Crippen LogP contribution in [0.5, 0.6) is 11.5 Å². The maximum atomic E-state index is 11.8. The monoisotopic (exact) mass is 242 g/mol. The van der Waals surface area contributed by atoms with Gasteiger partial charge in [0.1, 0.15) is 0 Å². The van der Waals surface area contributed by atoms with Crippen LogP contribution in [0, 0.1) is 5.92 Å². The molecule has 0 atom stereocenters. The first kappa shape index (κ1) is 12.8. The number of carbonyl (C=O) groups excluding carboxylic acids is 1. The number of benzene rings is 1. The van der Waals surface area contributed by atoms with Crippen molar-refractivity contribution in [2.45, 2.75) is 13.8 Å². The average Bonchev–Trinajstić information content (AvgIpc) is 2.26. The third-order valence-corrected chi connectivity index (χ3v) is 2.52. The third-order valence-electron chi connectivity index (χ3n) is 2.24. The van der Waals surface area contributed by atoms with Crippen LogP contribution in [-0.2, 0) is 0 Å². The summed E-state index contributed by atoms with van der Waals surface area (Å²) < 4.78 is 10.2. The Balaban J connectivity index is 3.25. The van der Waals surface area contributed by atoms with Crippen molar-refractivity contribution in [2.75, 3.05) is 14.2 Å². The van der Waals surface area contributed by atoms with E-state index in [1.54, 1.807) is 12.1 Å². The van der Waals surface area contributed by atoms with Crippen LogP contribution in [0.3, 0.4) is 0 Å². The molecular weight excluding hydrogens is 228 g/mol. The van der Waals surface area contributed by atoms with Gasteiger partial charge in [-0.25, -0.2) is 0 Å². The molecular formula is C12H15ClO3. The van der Waals surface area contributed by atoms with Crippen LogP contribution in [0.2, 0.25) is 5.02 Å². The molecule has 0 spiro atoms. The molecule has 0 radical (unpaired) electrons. The highest BCUT2D eigenvalue weighted by atomic mass is 35.5. The number of carbonyl (C=O) groups is 1. The van der Waals surface area contributed by atoms with E-state index in [9.17, 15) is 4.79 Å². The van der Waals surface area contributed by atoms with Crippen LogP contribution in [0.1, 0.15) is 24.2 Å². The molecule has 0 aliphatic carbocycles. The molecule has 0 heterocycles. The number of ketones is 1. The van der Waals surface area contributed by atoms with Crippen LogP contribution >= 0.6 is 11.6 Å². The van der Waals surface area contributed by atoms with Gasteiger partial charge in [0.05, 0.1) is 19.2 Å². The minimum atomic E-state index is -0.0748. The van der Waals surface area contributed by atoms with Gasteiger partial charge in [0.25, 0.3) is 0 Å². The zero-order chi connectivity index (χ0) is 12.3. The van der Waals surface area contributed by atoms with Gasteiger partial charge >= 0.3 is 0 Å². The molecule has 3 nitrogen and oxygen atoms in total. The molecule has 1 rings (SSSR count). The van der Waals surface area contributed by atoms with Crippen molar-refractivity contribution in [1.82, 2.24) is 0 Å². The standard InChI is InChI=1S/C12H15ClO3/c1-7(2)11(14)8-5-9(13)12(16-4)10(6-8)15-3/h5-7H,1-4H3. The summed E-state index contributed by atoms with van der Waals surface area (Å²) in [6.07, 6.45) is 0. The molecule has 0 aromatic heterocycles. The summed E-state index contributed by atoms with van der Waals surface area (Å²) in [4.78, 5) is 11.8. The topological polar surface area (TPSA) is 35.5 Å². The molecule has 0 bridgehead atoms. The smallest absolute Gasteiger partial charge is 0.179 e. The van der Waals surface area contributed by atoms with Crippen molar-refractivity contribution < 1.29 is 14.3 Å². The number of rotatable bonds is 4. The van der Waals surface area contributed by atoms with E-state index < -0.39 is 0 Å². The van der Waals surface area contributed by atoms with Crippen LogP contribution < -0.4 is 9.47 Å². The van der Waals surface area contributed by atoms with Crippen molar-refractivity contribution in [1.29, 1.82) is 0 Å². The zero-order valence-corrected chi connectivity index (χ0v) is 10.6. The Morgan fingerprint density at radius 3 is 2.31 bits per heavy atom. The second kappa shape index (κ2) is 5.21. The number of ether oxygens (including phenoxy) is 2. The Labute approximate surface area is 100 Å². The highest BCUT2D eigenvalue weighted by Crippen LogP contribution is 2.36. The Morgan fingerprint density at radius 2 is 1.88 bits per heavy atom. The lowest BCUT2D eigenvalue weighted by molar-refractivity contribution is 0.0939. The van der Waals surface area contributed by atoms with E-state index in [-0.39, 0.29) is 11.7 Å². The van der Waals surface area contributed by atoms with Crippen molar-refractivity contribution >= 4 is 17.4 Å². The summed E-state index contributed by atoms with van der Waals surface area (Å²) >= 11 is 6.00. The van der Waals surface area contributed by atoms with E-state index in [1.165, 1.54) is 14.2 Å². The van der Waals surface area contributed by atoms with Crippen LogP contribution in [0.4, 0.5) is 0 Å². The molecule has 0 aliphatic rings. The summed E-state index contributed by atoms with van der Waals surface area (Å²) in [6.45, 7) is 3.68. The molecule has 0 amide bonds. The van der Waals surface area contributed by atoms with E-state index >= 15 is 0 Å². The fraction of sp³-hybridized carbons (Fsp3) is 0.417. The van der Waals surface area contributed by atoms with Gasteiger partial charge < -0.3 is 9.47 Å². The highest BCUT2D eigenvalue weighted by molar-refractivity contribution is 6.32. The molecule has 0 unspecified atom stereocenters. The second-order valence-corrected chi connectivity index (χ2v) is 4.12. The average molecular weight is 243 g/mol. The summed E-state index contributed by atoms with van der Waals surface area (Å²) in [6, 6.07) is 3.25. The Kier molecular flexibility index (Phi) is 4.19. The SMILES string of the molecule is COc1cc(C(=O)C(C)C)cc(Cl)c1OC. The Bertz CT molecular complexity index is 399. The molecule has 0 saturated heterocycles. The molecule has 1 aromatic rings. The van der Waals surface area contributed by atoms with Gasteiger partial charge in [-0.15, -0.1) is 0 Å². The lowest BCUT2D eigenvalue weighted by Gasteiger charge is -2.12. The van der Waals surface area contributed by atoms with Crippen LogP contribution in [0.15, 0.2) is 12.1 Å². The first-order valence-corrected chi connectivity index (χ1v) is 5.34. The van der Waals surface area contributed by atoms with Gasteiger partial charge in [0.15, 0.2) is 17.3 Å². The number of methoxy groups -OCH3 is 2. The second-order valence-electron chi connectivity index (χ2n) is 3.71. The van der Waals surface area contributed by atoms with Crippen molar-refractivity contribution in [3.05, 3.63) is 22.7 Å². The van der Waals surface area contributed by atoms with Gasteiger partial charge in [0, 0.05) is 11.5 Å². The first-order valence-electron chi connectivity index (χ1n) is 4.97. The van der Waals surface area contributed by atoms with Gasteiger partial charge in [-0.1, -0.05) is 25.4 Å². The Hall–Kier alpha value is -1.22. The molecule has 0 saturated carbocycles. The van der Waals surface area contributed by atoms with E-state index in [1.807, 2.05) is 13.8 Å². The van der Waals surface area contributed by atoms with E-state index in [0.717, 1.165) is 0 Å². The van der Waals surface area contributed by atoms with Gasteiger partial charge in [0.2, 0.25) is 0 Å². The van der Waals surface area contributed by atoms with Crippen molar-refractivity contribution in [2.24, 2.45) is 5.92 Å². The molecule has 0 fully saturated rings. The third kappa shape index (κ3) is 2.47. The predicted molar refractivity (Wildman–Crippen MR) is 63.7 cm³/mol. The largest absolute Gasteiger partial charge is 0.493 e. The minimum absolute atomic E-state index is 0.0304. The maximum Gasteiger partial charge on any atom is 0.179 e. The predicted octanol–water partition coefficient (Wildman–Crippen LogP) is 3.20. The molecule has 1 aromatic carbocycles.